The molecule has 0 nitrogen and oxygen atoms in total. The van der Waals surface area contributed by atoms with Gasteiger partial charge in [-0.3, -0.25) is 4.70 Å². The second kappa shape index (κ2) is 5.02. The number of alkyl halides is 3. The summed E-state index contributed by atoms with van der Waals surface area (Å²) in [5, 5.41) is 0. The predicted molar refractivity (Wildman–Crippen MR) is 53.4 cm³/mol. The molecule has 0 aliphatic rings. The molecule has 80 valence electrons. The van der Waals surface area contributed by atoms with Crippen LogP contribution in [0.1, 0.15) is 5.56 Å². The van der Waals surface area contributed by atoms with Crippen molar-refractivity contribution in [3.8, 4) is 0 Å². The number of hydrogen-bond acceptors (Lipinski definition) is 1. The molecule has 0 radical (unpaired) electrons. The lowest BCUT2D eigenvalue weighted by atomic mass is 10.2. The highest BCUT2D eigenvalue weighted by molar-refractivity contribution is 9.10. The topological polar surface area (TPSA) is 0 Å². The quantitative estimate of drug-likeness (QED) is 0.548. The highest BCUT2D eigenvalue weighted by Gasteiger charge is 2.30. The molecule has 0 saturated carbocycles. The summed E-state index contributed by atoms with van der Waals surface area (Å²) in [6, 6.07) is 3.60. The van der Waals surface area contributed by atoms with Crippen LogP contribution in [0.3, 0.4) is 0 Å². The van der Waals surface area contributed by atoms with Gasteiger partial charge >= 0.3 is 6.18 Å². The molecule has 0 spiro atoms. The molecule has 1 aromatic carbocycles. The zero-order valence-electron chi connectivity index (χ0n) is 7.06. The standard InChI is InChI=1S/C8H6BrF3S.FH/c1-13-7-4-5(8(10,11)12)2-3-6(7)9;/h2-4H,1H3;1H. The van der Waals surface area contributed by atoms with Gasteiger partial charge in [-0.15, -0.1) is 11.8 Å². The van der Waals surface area contributed by atoms with Gasteiger partial charge in [0.05, 0.1) is 5.56 Å². The van der Waals surface area contributed by atoms with E-state index in [0.717, 1.165) is 12.1 Å². The zero-order chi connectivity index (χ0) is 10.1. The van der Waals surface area contributed by atoms with E-state index < -0.39 is 11.7 Å². The maximum absolute atomic E-state index is 12.2. The molecule has 0 amide bonds. The van der Waals surface area contributed by atoms with Crippen molar-refractivity contribution in [2.45, 2.75) is 11.1 Å². The minimum atomic E-state index is -4.26. The van der Waals surface area contributed by atoms with Crippen molar-refractivity contribution in [3.63, 3.8) is 0 Å². The van der Waals surface area contributed by atoms with Crippen LogP contribution in [-0.4, -0.2) is 6.26 Å². The molecule has 0 unspecified atom stereocenters. The average molecular weight is 291 g/mol. The first kappa shape index (κ1) is 13.8. The minimum absolute atomic E-state index is 0. The summed E-state index contributed by atoms with van der Waals surface area (Å²) in [4.78, 5) is 0.592. The fourth-order valence-corrected chi connectivity index (χ4v) is 2.08. The van der Waals surface area contributed by atoms with Gasteiger partial charge in [-0.2, -0.15) is 13.2 Å². The van der Waals surface area contributed by atoms with Crippen LogP contribution >= 0.6 is 27.7 Å². The number of thioether (sulfide) groups is 1. The lowest BCUT2D eigenvalue weighted by Gasteiger charge is -2.08. The Hall–Kier alpha value is -0.230. The van der Waals surface area contributed by atoms with Gasteiger partial charge in [0.15, 0.2) is 0 Å². The van der Waals surface area contributed by atoms with Crippen molar-refractivity contribution < 1.29 is 17.9 Å². The van der Waals surface area contributed by atoms with Crippen molar-refractivity contribution in [3.05, 3.63) is 28.2 Å². The molecular formula is C8H7BrF4S. The van der Waals surface area contributed by atoms with Crippen LogP contribution < -0.4 is 0 Å². The summed E-state index contributed by atoms with van der Waals surface area (Å²) in [7, 11) is 0. The maximum Gasteiger partial charge on any atom is 0.416 e. The second-order valence-corrected chi connectivity index (χ2v) is 4.05. The maximum atomic E-state index is 12.2. The van der Waals surface area contributed by atoms with E-state index in [1.54, 1.807) is 6.26 Å². The normalized spacial score (nSPS) is 10.9. The van der Waals surface area contributed by atoms with Gasteiger partial charge in [0.2, 0.25) is 0 Å². The highest BCUT2D eigenvalue weighted by Crippen LogP contribution is 2.34. The third-order valence-corrected chi connectivity index (χ3v) is 3.21. The highest BCUT2D eigenvalue weighted by atomic mass is 79.9. The smallest absolute Gasteiger partial charge is 0.269 e. The first-order valence-electron chi connectivity index (χ1n) is 3.36. The van der Waals surface area contributed by atoms with Gasteiger partial charge in [0, 0.05) is 9.37 Å². The summed E-state index contributed by atoms with van der Waals surface area (Å²) in [6.45, 7) is 0. The van der Waals surface area contributed by atoms with Crippen LogP contribution in [0, 0.1) is 0 Å². The molecule has 0 N–H and O–H groups in total. The van der Waals surface area contributed by atoms with Crippen LogP contribution in [0.5, 0.6) is 0 Å². The Morgan fingerprint density at radius 1 is 1.29 bits per heavy atom. The van der Waals surface area contributed by atoms with E-state index in [4.69, 9.17) is 0 Å². The molecular weight excluding hydrogens is 284 g/mol. The number of halogens is 5. The van der Waals surface area contributed by atoms with Gasteiger partial charge in [0.1, 0.15) is 0 Å². The number of benzene rings is 1. The Labute approximate surface area is 91.4 Å². The molecule has 0 aliphatic carbocycles. The van der Waals surface area contributed by atoms with E-state index >= 15 is 0 Å². The van der Waals surface area contributed by atoms with Crippen molar-refractivity contribution in [1.82, 2.24) is 0 Å². The molecule has 1 rings (SSSR count). The second-order valence-electron chi connectivity index (χ2n) is 2.35. The van der Waals surface area contributed by atoms with E-state index in [0.29, 0.717) is 9.37 Å². The predicted octanol–water partition coefficient (Wildman–Crippen LogP) is 4.34. The first-order chi connectivity index (χ1) is 5.95. The van der Waals surface area contributed by atoms with Gasteiger partial charge in [-0.1, -0.05) is 0 Å². The Morgan fingerprint density at radius 2 is 1.86 bits per heavy atom. The molecule has 0 aromatic heterocycles. The van der Waals surface area contributed by atoms with Gasteiger partial charge in [0.25, 0.3) is 0 Å². The fraction of sp³-hybridized carbons (Fsp3) is 0.250. The summed E-state index contributed by atoms with van der Waals surface area (Å²) in [5.41, 5.74) is -0.611. The van der Waals surface area contributed by atoms with Crippen molar-refractivity contribution in [2.75, 3.05) is 6.26 Å². The number of rotatable bonds is 1. The largest absolute Gasteiger partial charge is 0.416 e. The van der Waals surface area contributed by atoms with Gasteiger partial charge < -0.3 is 0 Å². The fourth-order valence-electron chi connectivity index (χ4n) is 0.836. The van der Waals surface area contributed by atoms with Crippen LogP contribution in [0.25, 0.3) is 0 Å². The molecule has 14 heavy (non-hydrogen) atoms. The Morgan fingerprint density at radius 3 is 2.29 bits per heavy atom. The van der Waals surface area contributed by atoms with Crippen LogP contribution in [0.15, 0.2) is 27.6 Å². The molecule has 1 aromatic rings. The van der Waals surface area contributed by atoms with Crippen molar-refractivity contribution in [1.29, 1.82) is 0 Å². The van der Waals surface area contributed by atoms with Crippen LogP contribution in [0.2, 0.25) is 0 Å². The van der Waals surface area contributed by atoms with Gasteiger partial charge in [-0.25, -0.2) is 0 Å². The Kier molecular flexibility index (Phi) is 4.94. The van der Waals surface area contributed by atoms with Gasteiger partial charge in [-0.05, 0) is 40.4 Å². The summed E-state index contributed by atoms with van der Waals surface area (Å²) in [5.74, 6) is 0. The zero-order valence-corrected chi connectivity index (χ0v) is 9.46. The molecule has 0 atom stereocenters. The molecule has 0 aliphatic heterocycles. The molecule has 0 heterocycles. The van der Waals surface area contributed by atoms with Crippen molar-refractivity contribution in [2.24, 2.45) is 0 Å². The van der Waals surface area contributed by atoms with Crippen molar-refractivity contribution >= 4 is 27.7 Å². The monoisotopic (exact) mass is 290 g/mol. The lowest BCUT2D eigenvalue weighted by molar-refractivity contribution is -0.137. The van der Waals surface area contributed by atoms with E-state index in [-0.39, 0.29) is 4.70 Å². The Bertz CT molecular complexity index is 311. The van der Waals surface area contributed by atoms with Crippen LogP contribution in [0.4, 0.5) is 17.9 Å². The van der Waals surface area contributed by atoms with E-state index in [1.807, 2.05) is 0 Å². The molecule has 0 bridgehead atoms. The molecule has 6 heteroatoms. The molecule has 0 saturated heterocycles. The van der Waals surface area contributed by atoms with E-state index in [1.165, 1.54) is 17.8 Å². The Balaban J connectivity index is 0.00000169. The first-order valence-corrected chi connectivity index (χ1v) is 5.37. The van der Waals surface area contributed by atoms with Crippen LogP contribution in [-0.2, 0) is 6.18 Å². The minimum Gasteiger partial charge on any atom is -0.269 e. The lowest BCUT2D eigenvalue weighted by Crippen LogP contribution is -2.04. The third-order valence-electron chi connectivity index (χ3n) is 1.48. The van der Waals surface area contributed by atoms with E-state index in [9.17, 15) is 13.2 Å². The number of hydrogen-bond donors (Lipinski definition) is 0. The third kappa shape index (κ3) is 3.16. The van der Waals surface area contributed by atoms with E-state index in [2.05, 4.69) is 15.9 Å². The SMILES string of the molecule is CSc1cc(C(F)(F)F)ccc1Br.F. The summed E-state index contributed by atoms with van der Waals surface area (Å²) >= 11 is 4.45. The summed E-state index contributed by atoms with van der Waals surface area (Å²) < 4.78 is 37.3. The average Bonchev–Trinajstić information content (AvgIpc) is 2.03. The molecule has 0 fully saturated rings. The summed E-state index contributed by atoms with van der Waals surface area (Å²) in [6.07, 6.45) is -2.52.